The molecule has 106 valence electrons. The van der Waals surface area contributed by atoms with Crippen LogP contribution in [0.1, 0.15) is 13.8 Å². The van der Waals surface area contributed by atoms with Crippen molar-refractivity contribution in [3.63, 3.8) is 0 Å². The topological polar surface area (TPSA) is 101 Å². The first-order valence-electron chi connectivity index (χ1n) is 5.78. The molecule has 0 unspecified atom stereocenters. The molecule has 1 saturated heterocycles. The summed E-state index contributed by atoms with van der Waals surface area (Å²) in [7, 11) is -3.53. The second-order valence-corrected chi connectivity index (χ2v) is 8.57. The van der Waals surface area contributed by atoms with E-state index in [1.807, 2.05) is 13.8 Å². The van der Waals surface area contributed by atoms with Crippen LogP contribution in [0.25, 0.3) is 0 Å². The van der Waals surface area contributed by atoms with Gasteiger partial charge in [-0.25, -0.2) is 24.2 Å². The van der Waals surface area contributed by atoms with Crippen molar-refractivity contribution in [2.75, 3.05) is 24.3 Å². The zero-order valence-electron chi connectivity index (χ0n) is 10.8. The average Bonchev–Trinajstić information content (AvgIpc) is 2.37. The number of sulfonamides is 1. The van der Waals surface area contributed by atoms with Gasteiger partial charge in [-0.2, -0.15) is 16.1 Å². The zero-order chi connectivity index (χ0) is 14.1. The third-order valence-corrected chi connectivity index (χ3v) is 5.88. The minimum Gasteiger partial charge on any atom is -0.292 e. The molecule has 1 aromatic rings. The maximum absolute atomic E-state index is 12.5. The second kappa shape index (κ2) is 5.23. The fourth-order valence-electron chi connectivity index (χ4n) is 1.85. The summed E-state index contributed by atoms with van der Waals surface area (Å²) >= 11 is 1.78. The van der Waals surface area contributed by atoms with Gasteiger partial charge in [0.05, 0.1) is 12.4 Å². The molecule has 1 aromatic heterocycles. The van der Waals surface area contributed by atoms with Gasteiger partial charge in [0.2, 0.25) is 16.0 Å². The van der Waals surface area contributed by atoms with Gasteiger partial charge in [0.25, 0.3) is 0 Å². The van der Waals surface area contributed by atoms with E-state index in [-0.39, 0.29) is 15.6 Å². The third kappa shape index (κ3) is 3.16. The zero-order valence-corrected chi connectivity index (χ0v) is 12.5. The number of aromatic nitrogens is 2. The van der Waals surface area contributed by atoms with E-state index in [4.69, 9.17) is 5.84 Å². The van der Waals surface area contributed by atoms with Crippen molar-refractivity contribution in [3.8, 4) is 0 Å². The fraction of sp³-hybridized carbons (Fsp3) is 0.600. The minimum atomic E-state index is -3.53. The van der Waals surface area contributed by atoms with Crippen molar-refractivity contribution in [2.45, 2.75) is 23.5 Å². The number of nitrogen functional groups attached to an aromatic ring is 1. The van der Waals surface area contributed by atoms with Gasteiger partial charge in [0.1, 0.15) is 4.90 Å². The van der Waals surface area contributed by atoms with E-state index in [1.165, 1.54) is 16.7 Å². The number of thioether (sulfide) groups is 1. The van der Waals surface area contributed by atoms with Crippen LogP contribution < -0.4 is 11.3 Å². The van der Waals surface area contributed by atoms with Crippen LogP contribution in [0, 0.1) is 0 Å². The van der Waals surface area contributed by atoms with Crippen molar-refractivity contribution in [1.29, 1.82) is 0 Å². The first kappa shape index (κ1) is 14.5. The maximum atomic E-state index is 12.5. The van der Waals surface area contributed by atoms with Crippen LogP contribution in [0.4, 0.5) is 5.95 Å². The van der Waals surface area contributed by atoms with Gasteiger partial charge in [-0.1, -0.05) is 0 Å². The van der Waals surface area contributed by atoms with Gasteiger partial charge >= 0.3 is 0 Å². The van der Waals surface area contributed by atoms with E-state index in [9.17, 15) is 8.42 Å². The van der Waals surface area contributed by atoms with E-state index in [2.05, 4.69) is 15.4 Å². The first-order chi connectivity index (χ1) is 8.85. The molecule has 0 aliphatic carbocycles. The molecule has 1 fully saturated rings. The van der Waals surface area contributed by atoms with E-state index >= 15 is 0 Å². The highest BCUT2D eigenvalue weighted by Crippen LogP contribution is 2.32. The molecule has 9 heteroatoms. The Bertz CT molecular complexity index is 544. The SMILES string of the molecule is CC1(C)CN(S(=O)(=O)c2cnc(NN)nc2)CCS1. The van der Waals surface area contributed by atoms with Crippen molar-refractivity contribution in [3.05, 3.63) is 12.4 Å². The first-order valence-corrected chi connectivity index (χ1v) is 8.20. The predicted octanol–water partition coefficient (Wildman–Crippen LogP) is 0.278. The summed E-state index contributed by atoms with van der Waals surface area (Å²) in [6, 6.07) is 0. The molecule has 0 aromatic carbocycles. The highest BCUT2D eigenvalue weighted by atomic mass is 32.2. The Kier molecular flexibility index (Phi) is 4.00. The quantitative estimate of drug-likeness (QED) is 0.611. The molecular formula is C10H17N5O2S2. The molecule has 7 nitrogen and oxygen atoms in total. The van der Waals surface area contributed by atoms with Gasteiger partial charge in [0.15, 0.2) is 0 Å². The van der Waals surface area contributed by atoms with Crippen LogP contribution in [0.3, 0.4) is 0 Å². The molecule has 2 heterocycles. The summed E-state index contributed by atoms with van der Waals surface area (Å²) in [5, 5.41) is 0. The Morgan fingerprint density at radius 3 is 2.58 bits per heavy atom. The number of hydrogen-bond acceptors (Lipinski definition) is 7. The predicted molar refractivity (Wildman–Crippen MR) is 75.1 cm³/mol. The number of anilines is 1. The van der Waals surface area contributed by atoms with Crippen LogP contribution in [-0.2, 0) is 10.0 Å². The molecule has 3 N–H and O–H groups in total. The normalized spacial score (nSPS) is 20.2. The van der Waals surface area contributed by atoms with Crippen molar-refractivity contribution < 1.29 is 8.42 Å². The van der Waals surface area contributed by atoms with Crippen LogP contribution in [0.15, 0.2) is 17.3 Å². The Hall–Kier alpha value is -0.900. The number of nitrogens with one attached hydrogen (secondary N) is 1. The molecule has 0 amide bonds. The number of hydrogen-bond donors (Lipinski definition) is 2. The Balaban J connectivity index is 2.26. The molecule has 1 aliphatic rings. The Labute approximate surface area is 117 Å². The molecular weight excluding hydrogens is 286 g/mol. The lowest BCUT2D eigenvalue weighted by molar-refractivity contribution is 0.387. The van der Waals surface area contributed by atoms with E-state index in [0.717, 1.165) is 5.75 Å². The summed E-state index contributed by atoms with van der Waals surface area (Å²) < 4.78 is 26.3. The molecule has 0 atom stereocenters. The second-order valence-electron chi connectivity index (χ2n) is 4.83. The van der Waals surface area contributed by atoms with Crippen molar-refractivity contribution in [1.82, 2.24) is 14.3 Å². The molecule has 0 saturated carbocycles. The number of rotatable bonds is 3. The summed E-state index contributed by atoms with van der Waals surface area (Å²) in [6.07, 6.45) is 2.54. The summed E-state index contributed by atoms with van der Waals surface area (Å²) in [6.45, 7) is 5.07. The van der Waals surface area contributed by atoms with Crippen molar-refractivity contribution in [2.24, 2.45) is 5.84 Å². The van der Waals surface area contributed by atoms with Gasteiger partial charge in [-0.05, 0) is 13.8 Å². The van der Waals surface area contributed by atoms with Gasteiger partial charge < -0.3 is 0 Å². The lowest BCUT2D eigenvalue weighted by atomic mass is 10.2. The molecule has 2 rings (SSSR count). The number of nitrogens with zero attached hydrogens (tertiary/aromatic N) is 3. The lowest BCUT2D eigenvalue weighted by Gasteiger charge is -2.36. The standard InChI is InChI=1S/C10H17N5O2S2/c1-10(2)7-15(3-4-18-10)19(16,17)8-5-12-9(14-11)13-6-8/h5-6H,3-4,7,11H2,1-2H3,(H,12,13,14). The van der Waals surface area contributed by atoms with Gasteiger partial charge in [-0.15, -0.1) is 0 Å². The Morgan fingerprint density at radius 2 is 2.05 bits per heavy atom. The van der Waals surface area contributed by atoms with Crippen LogP contribution >= 0.6 is 11.8 Å². The summed E-state index contributed by atoms with van der Waals surface area (Å²) in [5.41, 5.74) is 2.26. The van der Waals surface area contributed by atoms with E-state index in [1.54, 1.807) is 11.8 Å². The summed E-state index contributed by atoms with van der Waals surface area (Å²) in [4.78, 5) is 7.76. The molecule has 0 radical (unpaired) electrons. The van der Waals surface area contributed by atoms with E-state index < -0.39 is 10.0 Å². The van der Waals surface area contributed by atoms with Crippen LogP contribution in [0.2, 0.25) is 0 Å². The fourth-order valence-corrected chi connectivity index (χ4v) is 4.65. The molecule has 1 aliphatic heterocycles. The Morgan fingerprint density at radius 1 is 1.42 bits per heavy atom. The number of nitrogens with two attached hydrogens (primary N) is 1. The van der Waals surface area contributed by atoms with Crippen LogP contribution in [0.5, 0.6) is 0 Å². The highest BCUT2D eigenvalue weighted by molar-refractivity contribution is 8.00. The average molecular weight is 303 g/mol. The molecule has 0 spiro atoms. The monoisotopic (exact) mass is 303 g/mol. The van der Waals surface area contributed by atoms with Gasteiger partial charge in [0, 0.05) is 23.6 Å². The smallest absolute Gasteiger partial charge is 0.246 e. The largest absolute Gasteiger partial charge is 0.292 e. The molecule has 0 bridgehead atoms. The van der Waals surface area contributed by atoms with Crippen LogP contribution in [-0.4, -0.2) is 46.3 Å². The maximum Gasteiger partial charge on any atom is 0.246 e. The molecule has 19 heavy (non-hydrogen) atoms. The third-order valence-electron chi connectivity index (χ3n) is 2.79. The lowest BCUT2D eigenvalue weighted by Crippen LogP contribution is -2.46. The van der Waals surface area contributed by atoms with Crippen molar-refractivity contribution >= 4 is 27.7 Å². The van der Waals surface area contributed by atoms with Gasteiger partial charge in [-0.3, -0.25) is 5.43 Å². The minimum absolute atomic E-state index is 0.0784. The van der Waals surface area contributed by atoms with E-state index in [0.29, 0.717) is 13.1 Å². The number of hydrazine groups is 1. The highest BCUT2D eigenvalue weighted by Gasteiger charge is 2.34. The summed E-state index contributed by atoms with van der Waals surface area (Å²) in [5.74, 6) is 6.13.